The van der Waals surface area contributed by atoms with E-state index in [4.69, 9.17) is 24.6 Å². The van der Waals surface area contributed by atoms with Gasteiger partial charge in [-0.05, 0) is 37.7 Å². The third kappa shape index (κ3) is 3.50. The molecular formula is C17H21NO5. The van der Waals surface area contributed by atoms with Crippen molar-refractivity contribution in [1.29, 1.82) is 5.26 Å². The predicted octanol–water partition coefficient (Wildman–Crippen LogP) is 2.96. The van der Waals surface area contributed by atoms with Crippen molar-refractivity contribution in [2.24, 2.45) is 5.92 Å². The molecule has 124 valence electrons. The fourth-order valence-corrected chi connectivity index (χ4v) is 3.27. The van der Waals surface area contributed by atoms with Gasteiger partial charge in [0.2, 0.25) is 5.75 Å². The quantitative estimate of drug-likeness (QED) is 0.921. The minimum absolute atomic E-state index is 0.201. The smallest absolute Gasteiger partial charge is 0.306 e. The second-order valence-electron chi connectivity index (χ2n) is 5.60. The van der Waals surface area contributed by atoms with Crippen LogP contribution in [0.1, 0.15) is 37.2 Å². The summed E-state index contributed by atoms with van der Waals surface area (Å²) in [6.45, 7) is 4.57. The molecule has 3 rings (SSSR count). The maximum Gasteiger partial charge on any atom is 0.306 e. The van der Waals surface area contributed by atoms with E-state index in [1.807, 2.05) is 12.1 Å². The van der Waals surface area contributed by atoms with E-state index in [0.717, 1.165) is 37.0 Å². The zero-order valence-electron chi connectivity index (χ0n) is 13.2. The molecule has 0 aromatic heterocycles. The van der Waals surface area contributed by atoms with Crippen molar-refractivity contribution in [2.75, 3.05) is 20.3 Å². The fraction of sp³-hybridized carbons (Fsp3) is 0.529. The molecule has 2 aliphatic rings. The van der Waals surface area contributed by atoms with Crippen LogP contribution in [-0.4, -0.2) is 31.4 Å². The minimum atomic E-state index is -0.676. The first kappa shape index (κ1) is 16.9. The molecule has 6 nitrogen and oxygen atoms in total. The molecule has 1 aromatic carbocycles. The average molecular weight is 319 g/mol. The number of fused-ring (bicyclic) bond motifs is 1. The SMILES string of the molecule is C#N.COc1ccc(C2CCC(C(=O)O)CC2)c2c1OCCO2. The van der Waals surface area contributed by atoms with E-state index in [2.05, 4.69) is 6.57 Å². The molecule has 1 aliphatic heterocycles. The van der Waals surface area contributed by atoms with E-state index in [0.29, 0.717) is 30.6 Å². The van der Waals surface area contributed by atoms with Crippen molar-refractivity contribution < 1.29 is 24.1 Å². The van der Waals surface area contributed by atoms with Gasteiger partial charge in [-0.2, -0.15) is 0 Å². The highest BCUT2D eigenvalue weighted by Gasteiger charge is 2.31. The van der Waals surface area contributed by atoms with Crippen LogP contribution in [0.2, 0.25) is 0 Å². The minimum Gasteiger partial charge on any atom is -0.493 e. The van der Waals surface area contributed by atoms with Gasteiger partial charge in [0.1, 0.15) is 13.2 Å². The Kier molecular flexibility index (Phi) is 5.69. The summed E-state index contributed by atoms with van der Waals surface area (Å²) in [6.07, 6.45) is 3.20. The molecule has 0 unspecified atom stereocenters. The lowest BCUT2D eigenvalue weighted by molar-refractivity contribution is -0.142. The Hall–Kier alpha value is -2.42. The number of hydrogen-bond acceptors (Lipinski definition) is 5. The molecule has 1 aliphatic carbocycles. The number of carboxylic acid groups (broad SMARTS) is 1. The monoisotopic (exact) mass is 319 g/mol. The summed E-state index contributed by atoms with van der Waals surface area (Å²) in [6, 6.07) is 3.93. The Bertz CT molecular complexity index is 576. The van der Waals surface area contributed by atoms with Crippen LogP contribution in [0.5, 0.6) is 17.2 Å². The van der Waals surface area contributed by atoms with Gasteiger partial charge >= 0.3 is 5.97 Å². The second-order valence-corrected chi connectivity index (χ2v) is 5.60. The number of nitrogens with zero attached hydrogens (tertiary/aromatic N) is 1. The maximum atomic E-state index is 11.1. The topological polar surface area (TPSA) is 88.8 Å². The highest BCUT2D eigenvalue weighted by atomic mass is 16.6. The summed E-state index contributed by atoms with van der Waals surface area (Å²) < 4.78 is 16.8. The lowest BCUT2D eigenvalue weighted by atomic mass is 9.78. The number of carboxylic acids is 1. The van der Waals surface area contributed by atoms with Crippen molar-refractivity contribution in [1.82, 2.24) is 0 Å². The van der Waals surface area contributed by atoms with Gasteiger partial charge in [-0.1, -0.05) is 6.07 Å². The van der Waals surface area contributed by atoms with Crippen molar-refractivity contribution in [3.05, 3.63) is 17.7 Å². The van der Waals surface area contributed by atoms with E-state index in [1.54, 1.807) is 7.11 Å². The first-order valence-electron chi connectivity index (χ1n) is 7.65. The summed E-state index contributed by atoms with van der Waals surface area (Å²) in [7, 11) is 1.62. The standard InChI is InChI=1S/C16H20O5.CHN/c1-19-13-7-6-12(14-15(13)21-9-8-20-14)10-2-4-11(5-3-10)16(17)18;1-2/h6-7,10-11H,2-5,8-9H2,1H3,(H,17,18);1H. The highest BCUT2D eigenvalue weighted by Crippen LogP contribution is 2.48. The van der Waals surface area contributed by atoms with Crippen molar-refractivity contribution in [3.8, 4) is 23.8 Å². The zero-order valence-corrected chi connectivity index (χ0v) is 13.2. The van der Waals surface area contributed by atoms with Crippen LogP contribution < -0.4 is 14.2 Å². The van der Waals surface area contributed by atoms with Crippen LogP contribution in [0.15, 0.2) is 12.1 Å². The van der Waals surface area contributed by atoms with Gasteiger partial charge in [-0.15, -0.1) is 0 Å². The third-order valence-corrected chi connectivity index (χ3v) is 4.42. The van der Waals surface area contributed by atoms with Gasteiger partial charge in [0, 0.05) is 12.1 Å². The Morgan fingerprint density at radius 1 is 1.17 bits per heavy atom. The van der Waals surface area contributed by atoms with Crippen LogP contribution in [0, 0.1) is 17.8 Å². The van der Waals surface area contributed by atoms with E-state index in [-0.39, 0.29) is 5.92 Å². The summed E-state index contributed by atoms with van der Waals surface area (Å²) in [5.74, 6) is 1.60. The normalized spacial score (nSPS) is 22.4. The van der Waals surface area contributed by atoms with Gasteiger partial charge in [-0.3, -0.25) is 4.79 Å². The van der Waals surface area contributed by atoms with Gasteiger partial charge < -0.3 is 19.3 Å². The van der Waals surface area contributed by atoms with E-state index < -0.39 is 5.97 Å². The number of ether oxygens (including phenoxy) is 3. The highest BCUT2D eigenvalue weighted by molar-refractivity contribution is 5.70. The first-order chi connectivity index (χ1) is 11.2. The third-order valence-electron chi connectivity index (χ3n) is 4.42. The van der Waals surface area contributed by atoms with E-state index >= 15 is 0 Å². The average Bonchev–Trinajstić information content (AvgIpc) is 2.62. The molecule has 0 spiro atoms. The van der Waals surface area contributed by atoms with E-state index in [1.165, 1.54) is 0 Å². The Morgan fingerprint density at radius 2 is 1.78 bits per heavy atom. The van der Waals surface area contributed by atoms with Crippen LogP contribution in [0.3, 0.4) is 0 Å². The predicted molar refractivity (Wildman–Crippen MR) is 83.0 cm³/mol. The molecule has 0 bridgehead atoms. The Balaban J connectivity index is 0.000000924. The second kappa shape index (κ2) is 7.73. The molecular weight excluding hydrogens is 298 g/mol. The Morgan fingerprint density at radius 3 is 2.35 bits per heavy atom. The number of rotatable bonds is 3. The molecule has 0 atom stereocenters. The number of carbonyl (C=O) groups is 1. The van der Waals surface area contributed by atoms with E-state index in [9.17, 15) is 4.79 Å². The molecule has 0 saturated heterocycles. The molecule has 1 N–H and O–H groups in total. The van der Waals surface area contributed by atoms with Crippen molar-refractivity contribution >= 4 is 5.97 Å². The van der Waals surface area contributed by atoms with Gasteiger partial charge in [0.15, 0.2) is 11.5 Å². The van der Waals surface area contributed by atoms with Crippen LogP contribution in [0.4, 0.5) is 0 Å². The number of aliphatic carboxylic acids is 1. The number of nitriles is 1. The lowest BCUT2D eigenvalue weighted by Gasteiger charge is -2.30. The number of benzene rings is 1. The molecule has 1 saturated carbocycles. The largest absolute Gasteiger partial charge is 0.493 e. The lowest BCUT2D eigenvalue weighted by Crippen LogP contribution is -2.22. The van der Waals surface area contributed by atoms with Gasteiger partial charge in [0.25, 0.3) is 0 Å². The summed E-state index contributed by atoms with van der Waals surface area (Å²) >= 11 is 0. The first-order valence-corrected chi connectivity index (χ1v) is 7.65. The summed E-state index contributed by atoms with van der Waals surface area (Å²) in [5.41, 5.74) is 1.12. The van der Waals surface area contributed by atoms with Gasteiger partial charge in [0.05, 0.1) is 13.0 Å². The van der Waals surface area contributed by atoms with Crippen molar-refractivity contribution in [3.63, 3.8) is 0 Å². The van der Waals surface area contributed by atoms with Crippen molar-refractivity contribution in [2.45, 2.75) is 31.6 Å². The molecule has 1 heterocycles. The van der Waals surface area contributed by atoms with Crippen LogP contribution >= 0.6 is 0 Å². The van der Waals surface area contributed by atoms with Gasteiger partial charge in [-0.25, -0.2) is 5.26 Å². The number of methoxy groups -OCH3 is 1. The maximum absolute atomic E-state index is 11.1. The number of hydrogen-bond donors (Lipinski definition) is 1. The zero-order chi connectivity index (χ0) is 16.8. The molecule has 0 radical (unpaired) electrons. The Labute approximate surface area is 135 Å². The molecule has 0 amide bonds. The molecule has 1 aromatic rings. The molecule has 6 heteroatoms. The fourth-order valence-electron chi connectivity index (χ4n) is 3.27. The molecule has 1 fully saturated rings. The summed E-state index contributed by atoms with van der Waals surface area (Å²) in [4.78, 5) is 11.1. The molecule has 23 heavy (non-hydrogen) atoms. The van der Waals surface area contributed by atoms with Crippen LogP contribution in [-0.2, 0) is 4.79 Å². The summed E-state index contributed by atoms with van der Waals surface area (Å²) in [5, 5.41) is 15.6. The van der Waals surface area contributed by atoms with Crippen LogP contribution in [0.25, 0.3) is 0 Å².